The van der Waals surface area contributed by atoms with E-state index in [2.05, 4.69) is 34.1 Å². The van der Waals surface area contributed by atoms with Crippen LogP contribution in [-0.4, -0.2) is 55.7 Å². The topological polar surface area (TPSA) is 64.1 Å². The van der Waals surface area contributed by atoms with Crippen LogP contribution in [0.4, 0.5) is 5.69 Å². The Labute approximate surface area is 200 Å². The lowest BCUT2D eigenvalue weighted by Gasteiger charge is -2.29. The Kier molecular flexibility index (Phi) is 7.99. The molecule has 0 N–H and O–H groups in total. The van der Waals surface area contributed by atoms with E-state index in [1.165, 1.54) is 5.69 Å². The largest absolute Gasteiger partial charge is 0.490 e. The summed E-state index contributed by atoms with van der Waals surface area (Å²) in [5.41, 5.74) is 3.84. The van der Waals surface area contributed by atoms with Crippen LogP contribution in [0.5, 0.6) is 11.5 Å². The summed E-state index contributed by atoms with van der Waals surface area (Å²) in [7, 11) is 1.81. The number of anilines is 1. The number of morpholine rings is 1. The molecule has 1 saturated heterocycles. The first-order valence-corrected chi connectivity index (χ1v) is 11.6. The van der Waals surface area contributed by atoms with Crippen molar-refractivity contribution in [2.75, 3.05) is 44.9 Å². The molecule has 1 aliphatic rings. The number of carbonyl (C=O) groups is 1. The van der Waals surface area contributed by atoms with Crippen LogP contribution < -0.4 is 14.4 Å². The van der Waals surface area contributed by atoms with Crippen LogP contribution in [0.15, 0.2) is 67.0 Å². The summed E-state index contributed by atoms with van der Waals surface area (Å²) >= 11 is 0. The molecule has 1 fully saturated rings. The number of hydrogen-bond donors (Lipinski definition) is 0. The van der Waals surface area contributed by atoms with Crippen LogP contribution in [0, 0.1) is 0 Å². The summed E-state index contributed by atoms with van der Waals surface area (Å²) in [5, 5.41) is 0. The molecule has 7 heteroatoms. The summed E-state index contributed by atoms with van der Waals surface area (Å²) in [6.07, 6.45) is 3.46. The monoisotopic (exact) mass is 461 g/mol. The maximum atomic E-state index is 13.1. The van der Waals surface area contributed by atoms with Gasteiger partial charge in [0.15, 0.2) is 11.5 Å². The van der Waals surface area contributed by atoms with Crippen molar-refractivity contribution in [2.24, 2.45) is 0 Å². The highest BCUT2D eigenvalue weighted by Gasteiger charge is 2.17. The number of pyridine rings is 1. The molecule has 0 atom stereocenters. The Morgan fingerprint density at radius 2 is 1.71 bits per heavy atom. The second-order valence-electron chi connectivity index (χ2n) is 8.17. The first-order chi connectivity index (χ1) is 16.6. The van der Waals surface area contributed by atoms with Crippen molar-refractivity contribution in [3.05, 3.63) is 83.7 Å². The molecule has 0 unspecified atom stereocenters. The summed E-state index contributed by atoms with van der Waals surface area (Å²) in [4.78, 5) is 21.2. The van der Waals surface area contributed by atoms with Crippen molar-refractivity contribution in [1.29, 1.82) is 0 Å². The third kappa shape index (κ3) is 6.05. The van der Waals surface area contributed by atoms with E-state index in [1.54, 1.807) is 35.5 Å². The van der Waals surface area contributed by atoms with Crippen LogP contribution in [0.3, 0.4) is 0 Å². The maximum absolute atomic E-state index is 13.1. The van der Waals surface area contributed by atoms with E-state index in [1.807, 2.05) is 26.1 Å². The molecule has 3 aromatic rings. The fourth-order valence-electron chi connectivity index (χ4n) is 3.87. The normalized spacial score (nSPS) is 13.4. The highest BCUT2D eigenvalue weighted by Crippen LogP contribution is 2.30. The highest BCUT2D eigenvalue weighted by molar-refractivity contribution is 5.94. The van der Waals surface area contributed by atoms with Gasteiger partial charge in [-0.25, -0.2) is 0 Å². The number of nitrogens with zero attached hydrogens (tertiary/aromatic N) is 3. The van der Waals surface area contributed by atoms with Gasteiger partial charge in [0, 0.05) is 50.3 Å². The predicted octanol–water partition coefficient (Wildman–Crippen LogP) is 4.17. The number of hydrogen-bond acceptors (Lipinski definition) is 6. The van der Waals surface area contributed by atoms with Crippen LogP contribution in [0.2, 0.25) is 0 Å². The van der Waals surface area contributed by atoms with Gasteiger partial charge < -0.3 is 24.0 Å². The maximum Gasteiger partial charge on any atom is 0.254 e. The lowest BCUT2D eigenvalue weighted by molar-refractivity contribution is 0.0784. The van der Waals surface area contributed by atoms with E-state index in [0.717, 1.165) is 37.4 Å². The molecular formula is C27H31N3O4. The minimum atomic E-state index is -0.0705. The Morgan fingerprint density at radius 1 is 0.971 bits per heavy atom. The number of aromatic nitrogens is 1. The molecule has 4 rings (SSSR count). The van der Waals surface area contributed by atoms with Crippen LogP contribution in [0.1, 0.15) is 28.4 Å². The fourth-order valence-corrected chi connectivity index (χ4v) is 3.87. The molecule has 7 nitrogen and oxygen atoms in total. The van der Waals surface area contributed by atoms with Gasteiger partial charge in [0.25, 0.3) is 5.91 Å². The summed E-state index contributed by atoms with van der Waals surface area (Å²) in [5.74, 6) is 1.10. The second-order valence-corrected chi connectivity index (χ2v) is 8.17. The van der Waals surface area contributed by atoms with Gasteiger partial charge in [0.2, 0.25) is 0 Å². The summed E-state index contributed by atoms with van der Waals surface area (Å²) in [6, 6.07) is 17.5. The lowest BCUT2D eigenvalue weighted by atomic mass is 10.1. The van der Waals surface area contributed by atoms with E-state index >= 15 is 0 Å². The van der Waals surface area contributed by atoms with Gasteiger partial charge in [-0.2, -0.15) is 0 Å². The van der Waals surface area contributed by atoms with Crippen molar-refractivity contribution < 1.29 is 19.0 Å². The molecule has 0 radical (unpaired) electrons. The molecule has 0 aliphatic carbocycles. The minimum absolute atomic E-state index is 0.0705. The molecule has 1 aromatic heterocycles. The van der Waals surface area contributed by atoms with Crippen molar-refractivity contribution in [1.82, 2.24) is 9.88 Å². The van der Waals surface area contributed by atoms with Gasteiger partial charge in [0.1, 0.15) is 6.61 Å². The fraction of sp³-hybridized carbons (Fsp3) is 0.333. The molecular weight excluding hydrogens is 430 g/mol. The molecule has 2 aromatic carbocycles. The van der Waals surface area contributed by atoms with Crippen molar-refractivity contribution in [2.45, 2.75) is 20.1 Å². The van der Waals surface area contributed by atoms with Crippen LogP contribution in [0.25, 0.3) is 0 Å². The van der Waals surface area contributed by atoms with Crippen molar-refractivity contribution in [3.63, 3.8) is 0 Å². The Morgan fingerprint density at radius 3 is 2.41 bits per heavy atom. The van der Waals surface area contributed by atoms with E-state index in [4.69, 9.17) is 14.2 Å². The smallest absolute Gasteiger partial charge is 0.254 e. The Hall–Kier alpha value is -3.58. The van der Waals surface area contributed by atoms with Gasteiger partial charge in [0.05, 0.1) is 19.8 Å². The van der Waals surface area contributed by atoms with Gasteiger partial charge in [-0.05, 0) is 60.5 Å². The highest BCUT2D eigenvalue weighted by atomic mass is 16.5. The van der Waals surface area contributed by atoms with Crippen LogP contribution >= 0.6 is 0 Å². The third-order valence-corrected chi connectivity index (χ3v) is 5.71. The Bertz CT molecular complexity index is 1070. The predicted molar refractivity (Wildman–Crippen MR) is 131 cm³/mol. The van der Waals surface area contributed by atoms with Gasteiger partial charge >= 0.3 is 0 Å². The zero-order valence-corrected chi connectivity index (χ0v) is 19.8. The number of ether oxygens (including phenoxy) is 3. The van der Waals surface area contributed by atoms with E-state index in [0.29, 0.717) is 36.8 Å². The van der Waals surface area contributed by atoms with Crippen LogP contribution in [-0.2, 0) is 17.9 Å². The molecule has 0 saturated carbocycles. The second kappa shape index (κ2) is 11.5. The zero-order chi connectivity index (χ0) is 23.8. The van der Waals surface area contributed by atoms with Crippen molar-refractivity contribution in [3.8, 4) is 11.5 Å². The first-order valence-electron chi connectivity index (χ1n) is 11.6. The first kappa shape index (κ1) is 23.6. The molecule has 178 valence electrons. The third-order valence-electron chi connectivity index (χ3n) is 5.71. The standard InChI is InChI=1S/C27H31N3O4/c1-3-33-26-18-23(6-9-25(26)34-20-22-10-12-28-13-11-22)27(31)29(2)19-21-4-7-24(8-5-21)30-14-16-32-17-15-30/h4-13,18H,3,14-17,19-20H2,1-2H3. The molecule has 0 bridgehead atoms. The minimum Gasteiger partial charge on any atom is -0.490 e. The van der Waals surface area contributed by atoms with Gasteiger partial charge in [-0.1, -0.05) is 12.1 Å². The summed E-state index contributed by atoms with van der Waals surface area (Å²) < 4.78 is 17.1. The summed E-state index contributed by atoms with van der Waals surface area (Å²) in [6.45, 7) is 6.64. The van der Waals surface area contributed by atoms with E-state index < -0.39 is 0 Å². The number of benzene rings is 2. The quantitative estimate of drug-likeness (QED) is 0.477. The lowest BCUT2D eigenvalue weighted by Crippen LogP contribution is -2.36. The molecule has 1 aliphatic heterocycles. The molecule has 34 heavy (non-hydrogen) atoms. The molecule has 2 heterocycles. The SMILES string of the molecule is CCOc1cc(C(=O)N(C)Cc2ccc(N3CCOCC3)cc2)ccc1OCc1ccncc1. The number of rotatable bonds is 9. The molecule has 0 spiro atoms. The van der Waals surface area contributed by atoms with Gasteiger partial charge in [-0.3, -0.25) is 9.78 Å². The zero-order valence-electron chi connectivity index (χ0n) is 19.8. The average molecular weight is 462 g/mol. The van der Waals surface area contributed by atoms with E-state index in [-0.39, 0.29) is 5.91 Å². The Balaban J connectivity index is 1.40. The van der Waals surface area contributed by atoms with Crippen molar-refractivity contribution >= 4 is 11.6 Å². The van der Waals surface area contributed by atoms with E-state index in [9.17, 15) is 4.79 Å². The van der Waals surface area contributed by atoms with Gasteiger partial charge in [-0.15, -0.1) is 0 Å². The number of amides is 1. The average Bonchev–Trinajstić information content (AvgIpc) is 2.89. The number of carbonyl (C=O) groups excluding carboxylic acids is 1. The molecule has 1 amide bonds.